The first-order chi connectivity index (χ1) is 8.34. The van der Waals surface area contributed by atoms with Gasteiger partial charge in [-0.25, -0.2) is 0 Å². The molecule has 114 valence electrons. The normalized spacial score (nSPS) is 14.9. The predicted octanol–water partition coefficient (Wildman–Crippen LogP) is 5.69. The summed E-state index contributed by atoms with van der Waals surface area (Å²) in [5.74, 6) is 7.62. The SMILES string of the molecule is C[Si](C)(C)OCCCC/C=[C](/[Si](C)(C)C)[Ge]([CH3])([CH3])[CH3]. The third kappa shape index (κ3) is 10.1. The van der Waals surface area contributed by atoms with Crippen molar-refractivity contribution in [2.24, 2.45) is 0 Å². The molecule has 0 aliphatic heterocycles. The van der Waals surface area contributed by atoms with E-state index in [-0.39, 0.29) is 0 Å². The van der Waals surface area contributed by atoms with E-state index < -0.39 is 29.7 Å². The Kier molecular flexibility index (Phi) is 7.89. The Morgan fingerprint density at radius 2 is 1.47 bits per heavy atom. The molecule has 0 saturated carbocycles. The molecule has 0 aliphatic rings. The fraction of sp³-hybridized carbons (Fsp3) is 0.867. The summed E-state index contributed by atoms with van der Waals surface area (Å²) in [4.78, 5) is 0. The summed E-state index contributed by atoms with van der Waals surface area (Å²) in [7, 11) is -2.40. The van der Waals surface area contributed by atoms with Crippen molar-refractivity contribution in [1.29, 1.82) is 0 Å². The zero-order chi connectivity index (χ0) is 15.3. The van der Waals surface area contributed by atoms with Gasteiger partial charge < -0.3 is 0 Å². The number of hydrogen-bond donors (Lipinski definition) is 0. The molecule has 0 bridgehead atoms. The van der Waals surface area contributed by atoms with Crippen LogP contribution >= 0.6 is 0 Å². The van der Waals surface area contributed by atoms with E-state index in [1.807, 2.05) is 4.03 Å². The van der Waals surface area contributed by atoms with E-state index in [0.29, 0.717) is 0 Å². The Morgan fingerprint density at radius 1 is 0.947 bits per heavy atom. The van der Waals surface area contributed by atoms with Crippen LogP contribution in [0.3, 0.4) is 0 Å². The first kappa shape index (κ1) is 19.7. The average molecular weight is 361 g/mol. The van der Waals surface area contributed by atoms with Crippen LogP contribution in [-0.4, -0.2) is 36.3 Å². The van der Waals surface area contributed by atoms with Crippen molar-refractivity contribution in [2.75, 3.05) is 6.61 Å². The van der Waals surface area contributed by atoms with E-state index in [4.69, 9.17) is 4.43 Å². The fourth-order valence-electron chi connectivity index (χ4n) is 2.61. The Balaban J connectivity index is 4.22. The van der Waals surface area contributed by atoms with E-state index >= 15 is 0 Å². The summed E-state index contributed by atoms with van der Waals surface area (Å²) in [6.07, 6.45) is 6.38. The Bertz CT molecular complexity index is 277. The molecular formula is C15H36GeOSi2. The fourth-order valence-corrected chi connectivity index (χ4v) is 22.1. The van der Waals surface area contributed by atoms with Crippen molar-refractivity contribution in [3.05, 3.63) is 10.1 Å². The van der Waals surface area contributed by atoms with Gasteiger partial charge >= 0.3 is 127 Å². The van der Waals surface area contributed by atoms with Gasteiger partial charge in [0.1, 0.15) is 0 Å². The molecule has 0 fully saturated rings. The van der Waals surface area contributed by atoms with E-state index in [1.165, 1.54) is 19.3 Å². The molecule has 0 aromatic heterocycles. The Hall–Kier alpha value is 0.677. The zero-order valence-corrected chi connectivity index (χ0v) is 18.9. The van der Waals surface area contributed by atoms with E-state index in [9.17, 15) is 0 Å². The second-order valence-electron chi connectivity index (χ2n) is 8.57. The van der Waals surface area contributed by atoms with Crippen molar-refractivity contribution < 1.29 is 4.43 Å². The number of unbranched alkanes of at least 4 members (excludes halogenated alkanes) is 2. The zero-order valence-electron chi connectivity index (χ0n) is 14.8. The van der Waals surface area contributed by atoms with Crippen LogP contribution in [0, 0.1) is 0 Å². The van der Waals surface area contributed by atoms with Gasteiger partial charge in [0.05, 0.1) is 0 Å². The van der Waals surface area contributed by atoms with E-state index in [0.717, 1.165) is 6.61 Å². The molecule has 0 radical (unpaired) electrons. The summed E-state index contributed by atoms with van der Waals surface area (Å²) in [6, 6.07) is 0. The Labute approximate surface area is 126 Å². The third-order valence-electron chi connectivity index (χ3n) is 3.10. The van der Waals surface area contributed by atoms with Crippen LogP contribution in [0.4, 0.5) is 0 Å². The molecule has 0 unspecified atom stereocenters. The average Bonchev–Trinajstić information content (AvgIpc) is 2.10. The number of allylic oxidation sites excluding steroid dienone is 1. The quantitative estimate of drug-likeness (QED) is 0.399. The standard InChI is InChI=1S/C15H36GeOSi2/c1-16(2,3)15(18(4,5)6)13-11-10-12-14-17-19(7,8)9/h13H,10-12,14H2,1-9H3/b15-13+. The maximum absolute atomic E-state index is 5.91. The Morgan fingerprint density at radius 3 is 1.84 bits per heavy atom. The third-order valence-corrected chi connectivity index (χ3v) is 18.4. The van der Waals surface area contributed by atoms with Crippen LogP contribution in [0.1, 0.15) is 19.3 Å². The van der Waals surface area contributed by atoms with Crippen molar-refractivity contribution >= 4 is 29.7 Å². The topological polar surface area (TPSA) is 9.23 Å². The number of rotatable bonds is 8. The van der Waals surface area contributed by atoms with Crippen molar-refractivity contribution in [2.45, 2.75) is 75.8 Å². The van der Waals surface area contributed by atoms with Crippen LogP contribution < -0.4 is 0 Å². The van der Waals surface area contributed by atoms with Crippen LogP contribution in [0.2, 0.25) is 56.6 Å². The predicted molar refractivity (Wildman–Crippen MR) is 97.9 cm³/mol. The minimum atomic E-state index is -1.63. The van der Waals surface area contributed by atoms with Crippen molar-refractivity contribution in [3.63, 3.8) is 0 Å². The summed E-state index contributed by atoms with van der Waals surface area (Å²) in [6.45, 7) is 15.3. The molecular weight excluding hydrogens is 325 g/mol. The molecule has 0 amide bonds. The summed E-state index contributed by atoms with van der Waals surface area (Å²) in [5, 5.41) is 0. The minimum absolute atomic E-state index is 0.961. The van der Waals surface area contributed by atoms with Gasteiger partial charge in [-0.05, 0) is 0 Å². The molecule has 0 spiro atoms. The van der Waals surface area contributed by atoms with Crippen LogP contribution in [0.15, 0.2) is 10.1 Å². The van der Waals surface area contributed by atoms with E-state index in [2.05, 4.69) is 62.6 Å². The van der Waals surface area contributed by atoms with Gasteiger partial charge in [0.2, 0.25) is 0 Å². The van der Waals surface area contributed by atoms with Crippen molar-refractivity contribution in [1.82, 2.24) is 0 Å². The molecule has 4 heteroatoms. The first-order valence-corrected chi connectivity index (χ1v) is 21.9. The molecule has 0 aromatic rings. The van der Waals surface area contributed by atoms with Gasteiger partial charge in [-0.15, -0.1) is 0 Å². The van der Waals surface area contributed by atoms with Crippen LogP contribution in [-0.2, 0) is 4.43 Å². The molecule has 0 rings (SSSR count). The second kappa shape index (κ2) is 7.62. The van der Waals surface area contributed by atoms with Gasteiger partial charge in [0, 0.05) is 0 Å². The van der Waals surface area contributed by atoms with Gasteiger partial charge in [-0.1, -0.05) is 0 Å². The molecule has 0 heterocycles. The second-order valence-corrected chi connectivity index (χ2v) is 29.7. The molecule has 0 saturated heterocycles. The molecule has 0 aliphatic carbocycles. The van der Waals surface area contributed by atoms with Crippen LogP contribution in [0.25, 0.3) is 0 Å². The van der Waals surface area contributed by atoms with E-state index in [1.54, 1.807) is 0 Å². The monoisotopic (exact) mass is 362 g/mol. The van der Waals surface area contributed by atoms with Gasteiger partial charge in [-0.3, -0.25) is 0 Å². The van der Waals surface area contributed by atoms with Gasteiger partial charge in [0.25, 0.3) is 0 Å². The van der Waals surface area contributed by atoms with Gasteiger partial charge in [-0.2, -0.15) is 0 Å². The molecule has 0 N–H and O–H groups in total. The first-order valence-electron chi connectivity index (χ1n) is 7.69. The molecule has 0 aromatic carbocycles. The molecule has 1 nitrogen and oxygen atoms in total. The summed E-state index contributed by atoms with van der Waals surface area (Å²) >= 11 is -1.63. The van der Waals surface area contributed by atoms with Crippen LogP contribution in [0.5, 0.6) is 0 Å². The van der Waals surface area contributed by atoms with Crippen molar-refractivity contribution in [3.8, 4) is 0 Å². The molecule has 0 atom stereocenters. The van der Waals surface area contributed by atoms with Gasteiger partial charge in [0.15, 0.2) is 0 Å². The maximum atomic E-state index is 5.91. The summed E-state index contributed by atoms with van der Waals surface area (Å²) in [5.41, 5.74) is 0. The summed E-state index contributed by atoms with van der Waals surface area (Å²) < 4.78 is 7.81. The molecule has 19 heavy (non-hydrogen) atoms. The number of hydrogen-bond acceptors (Lipinski definition) is 1.